The minimum Gasteiger partial charge on any atom is -0.479 e. The van der Waals surface area contributed by atoms with E-state index in [0.717, 1.165) is 38.5 Å². The summed E-state index contributed by atoms with van der Waals surface area (Å²) in [5.41, 5.74) is -3.94. The number of hydrogen-bond donors (Lipinski definition) is 2. The molecule has 0 aromatic carbocycles. The molecule has 2 aliphatic heterocycles. The Kier molecular flexibility index (Phi) is 12.9. The summed E-state index contributed by atoms with van der Waals surface area (Å²) in [7, 11) is 0. The number of rotatable bonds is 20. The Hall–Kier alpha value is -2.12. The molecule has 2 amide bonds. The first-order valence-electron chi connectivity index (χ1n) is 14.9. The molecule has 0 radical (unpaired) electrons. The van der Waals surface area contributed by atoms with Gasteiger partial charge in [0.15, 0.2) is 11.1 Å². The SMILES string of the molecule is CCCCCCCCCCCCC(C(=O)O)(N1CCCC1=O)C(CCCCC)(C(=O)O)N1CCCC1=O. The van der Waals surface area contributed by atoms with Crippen LogP contribution < -0.4 is 0 Å². The first-order chi connectivity index (χ1) is 17.8. The lowest BCUT2D eigenvalue weighted by Gasteiger charge is -2.53. The first kappa shape index (κ1) is 31.1. The number of amides is 2. The number of nitrogens with zero attached hydrogens (tertiary/aromatic N) is 2. The molecule has 0 bridgehead atoms. The maximum absolute atomic E-state index is 13.3. The normalized spacial score (nSPS) is 19.3. The second kappa shape index (κ2) is 15.3. The monoisotopic (exact) mass is 522 g/mol. The quantitative estimate of drug-likeness (QED) is 0.196. The molecular formula is C29H50N2O6. The Balaban J connectivity index is 2.33. The van der Waals surface area contributed by atoms with Crippen molar-refractivity contribution < 1.29 is 29.4 Å². The summed E-state index contributed by atoms with van der Waals surface area (Å²) >= 11 is 0. The number of aliphatic carboxylic acids is 2. The van der Waals surface area contributed by atoms with Crippen LogP contribution in [0.3, 0.4) is 0 Å². The van der Waals surface area contributed by atoms with Gasteiger partial charge >= 0.3 is 11.9 Å². The summed E-state index contributed by atoms with van der Waals surface area (Å²) in [5, 5.41) is 21.6. The van der Waals surface area contributed by atoms with E-state index >= 15 is 0 Å². The van der Waals surface area contributed by atoms with Crippen LogP contribution in [-0.4, -0.2) is 67.9 Å². The Morgan fingerprint density at radius 2 is 0.946 bits per heavy atom. The van der Waals surface area contributed by atoms with Crippen LogP contribution in [0.15, 0.2) is 0 Å². The highest BCUT2D eigenvalue weighted by atomic mass is 16.4. The van der Waals surface area contributed by atoms with E-state index in [-0.39, 0.29) is 50.6 Å². The molecule has 2 rings (SSSR count). The van der Waals surface area contributed by atoms with E-state index in [4.69, 9.17) is 0 Å². The Morgan fingerprint density at radius 3 is 1.27 bits per heavy atom. The summed E-state index contributed by atoms with van der Waals surface area (Å²) in [6.45, 7) is 4.64. The molecule has 2 heterocycles. The minimum atomic E-state index is -1.97. The minimum absolute atomic E-state index is 0.0375. The summed E-state index contributed by atoms with van der Waals surface area (Å²) in [5.74, 6) is -3.23. The molecule has 0 aliphatic carbocycles. The molecule has 0 spiro atoms. The van der Waals surface area contributed by atoms with E-state index in [1.807, 2.05) is 6.92 Å². The van der Waals surface area contributed by atoms with Crippen molar-refractivity contribution >= 4 is 23.8 Å². The maximum Gasteiger partial charge on any atom is 0.332 e. The van der Waals surface area contributed by atoms with Crippen LogP contribution in [0.25, 0.3) is 0 Å². The molecule has 2 atom stereocenters. The molecule has 2 unspecified atom stereocenters. The summed E-state index contributed by atoms with van der Waals surface area (Å²) in [6.07, 6.45) is 14.3. The molecule has 0 saturated carbocycles. The highest BCUT2D eigenvalue weighted by Crippen LogP contribution is 2.46. The Bertz CT molecular complexity index is 771. The average molecular weight is 523 g/mol. The van der Waals surface area contributed by atoms with E-state index in [9.17, 15) is 29.4 Å². The van der Waals surface area contributed by atoms with Crippen LogP contribution in [0.4, 0.5) is 0 Å². The van der Waals surface area contributed by atoms with Gasteiger partial charge in [0.05, 0.1) is 0 Å². The molecule has 2 N–H and O–H groups in total. The van der Waals surface area contributed by atoms with Gasteiger partial charge in [0.2, 0.25) is 11.8 Å². The number of carboxylic acids is 2. The topological polar surface area (TPSA) is 115 Å². The standard InChI is InChI=1S/C29H50N2O6/c1-3-5-7-8-9-10-11-12-13-15-21-29(27(36)37,31-23-17-19-25(31)33)28(26(34)35,20-14-6-4-2)30-22-16-18-24(30)32/h3-23H2,1-2H3,(H,34,35)(H,36,37). The van der Waals surface area contributed by atoms with Crippen LogP contribution in [-0.2, 0) is 19.2 Å². The van der Waals surface area contributed by atoms with Crippen LogP contribution in [0.1, 0.15) is 136 Å². The molecule has 2 saturated heterocycles. The smallest absolute Gasteiger partial charge is 0.332 e. The molecule has 2 fully saturated rings. The van der Waals surface area contributed by atoms with Gasteiger partial charge in [0.1, 0.15) is 0 Å². The van der Waals surface area contributed by atoms with Crippen LogP contribution >= 0.6 is 0 Å². The maximum atomic E-state index is 13.3. The zero-order chi connectivity index (χ0) is 27.3. The van der Waals surface area contributed by atoms with E-state index < -0.39 is 23.0 Å². The number of hydrogen-bond acceptors (Lipinski definition) is 4. The van der Waals surface area contributed by atoms with Gasteiger partial charge in [-0.05, 0) is 25.7 Å². The molecule has 0 aromatic rings. The second-order valence-electron chi connectivity index (χ2n) is 11.0. The fraction of sp³-hybridized carbons (Fsp3) is 0.862. The van der Waals surface area contributed by atoms with Gasteiger partial charge in [-0.15, -0.1) is 0 Å². The molecular weight excluding hydrogens is 472 g/mol. The highest BCUT2D eigenvalue weighted by molar-refractivity contribution is 6.00. The third-order valence-corrected chi connectivity index (χ3v) is 8.49. The Labute approximate surface area is 223 Å². The van der Waals surface area contributed by atoms with Gasteiger partial charge in [0, 0.05) is 25.9 Å². The highest BCUT2D eigenvalue weighted by Gasteiger charge is 2.69. The van der Waals surface area contributed by atoms with Crippen molar-refractivity contribution in [2.45, 2.75) is 147 Å². The summed E-state index contributed by atoms with van der Waals surface area (Å²) < 4.78 is 0. The lowest BCUT2D eigenvalue weighted by molar-refractivity contribution is -0.188. The molecule has 37 heavy (non-hydrogen) atoms. The molecule has 0 aromatic heterocycles. The van der Waals surface area contributed by atoms with Gasteiger partial charge in [-0.1, -0.05) is 97.3 Å². The van der Waals surface area contributed by atoms with Crippen molar-refractivity contribution in [1.29, 1.82) is 0 Å². The van der Waals surface area contributed by atoms with E-state index in [2.05, 4.69) is 6.92 Å². The van der Waals surface area contributed by atoms with Crippen LogP contribution in [0.5, 0.6) is 0 Å². The van der Waals surface area contributed by atoms with Gasteiger partial charge in [-0.2, -0.15) is 0 Å². The predicted octanol–water partition coefficient (Wildman–Crippen LogP) is 5.77. The summed E-state index contributed by atoms with van der Waals surface area (Å²) in [6, 6.07) is 0. The fourth-order valence-corrected chi connectivity index (χ4v) is 6.53. The van der Waals surface area contributed by atoms with Gasteiger partial charge < -0.3 is 20.0 Å². The van der Waals surface area contributed by atoms with E-state index in [1.54, 1.807) is 0 Å². The molecule has 2 aliphatic rings. The largest absolute Gasteiger partial charge is 0.479 e. The zero-order valence-corrected chi connectivity index (χ0v) is 23.3. The van der Waals surface area contributed by atoms with Crippen molar-refractivity contribution in [3.8, 4) is 0 Å². The lowest BCUT2D eigenvalue weighted by atomic mass is 9.67. The number of likely N-dealkylation sites (tertiary alicyclic amines) is 2. The number of unbranched alkanes of at least 4 members (excludes halogenated alkanes) is 11. The van der Waals surface area contributed by atoms with Crippen molar-refractivity contribution in [2.75, 3.05) is 13.1 Å². The molecule has 212 valence electrons. The molecule has 8 nitrogen and oxygen atoms in total. The predicted molar refractivity (Wildman–Crippen MR) is 143 cm³/mol. The van der Waals surface area contributed by atoms with Crippen molar-refractivity contribution in [3.05, 3.63) is 0 Å². The van der Waals surface area contributed by atoms with Gasteiger partial charge in [-0.3, -0.25) is 9.59 Å². The van der Waals surface area contributed by atoms with E-state index in [0.29, 0.717) is 25.7 Å². The van der Waals surface area contributed by atoms with E-state index in [1.165, 1.54) is 41.9 Å². The van der Waals surface area contributed by atoms with Crippen molar-refractivity contribution in [1.82, 2.24) is 9.80 Å². The number of carboxylic acid groups (broad SMARTS) is 2. The van der Waals surface area contributed by atoms with Crippen molar-refractivity contribution in [3.63, 3.8) is 0 Å². The first-order valence-corrected chi connectivity index (χ1v) is 14.9. The van der Waals surface area contributed by atoms with Gasteiger partial charge in [0.25, 0.3) is 0 Å². The summed E-state index contributed by atoms with van der Waals surface area (Å²) in [4.78, 5) is 55.3. The van der Waals surface area contributed by atoms with Gasteiger partial charge in [-0.25, -0.2) is 9.59 Å². The van der Waals surface area contributed by atoms with Crippen molar-refractivity contribution in [2.24, 2.45) is 0 Å². The number of carbonyl (C=O) groups is 4. The van der Waals surface area contributed by atoms with Crippen LogP contribution in [0, 0.1) is 0 Å². The molecule has 8 heteroatoms. The third-order valence-electron chi connectivity index (χ3n) is 8.49. The number of carbonyl (C=O) groups excluding carboxylic acids is 2. The average Bonchev–Trinajstić information content (AvgIpc) is 3.49. The zero-order valence-electron chi connectivity index (χ0n) is 23.3. The third kappa shape index (κ3) is 7.05. The Morgan fingerprint density at radius 1 is 0.622 bits per heavy atom. The second-order valence-corrected chi connectivity index (χ2v) is 11.0. The lowest BCUT2D eigenvalue weighted by Crippen LogP contribution is -2.77. The fourth-order valence-electron chi connectivity index (χ4n) is 6.53. The van der Waals surface area contributed by atoms with Crippen LogP contribution in [0.2, 0.25) is 0 Å².